The molecule has 156 valence electrons. The second-order valence-corrected chi connectivity index (χ2v) is 7.70. The van der Waals surface area contributed by atoms with E-state index in [9.17, 15) is 14.0 Å². The summed E-state index contributed by atoms with van der Waals surface area (Å²) < 4.78 is 14.2. The number of carbonyl (C=O) groups is 2. The van der Waals surface area contributed by atoms with Crippen LogP contribution >= 0.6 is 34.8 Å². The normalized spacial score (nSPS) is 11.8. The molecule has 0 aliphatic heterocycles. The van der Waals surface area contributed by atoms with E-state index in [4.69, 9.17) is 34.8 Å². The van der Waals surface area contributed by atoms with Crippen molar-refractivity contribution in [1.82, 2.24) is 10.2 Å². The van der Waals surface area contributed by atoms with Gasteiger partial charge in [-0.15, -0.1) is 0 Å². The van der Waals surface area contributed by atoms with E-state index < -0.39 is 17.8 Å². The first-order valence-electron chi connectivity index (χ1n) is 9.22. The number of rotatable bonds is 8. The number of hydrogen-bond acceptors (Lipinski definition) is 2. The molecule has 29 heavy (non-hydrogen) atoms. The molecule has 0 aliphatic rings. The Bertz CT molecular complexity index is 872. The Balaban J connectivity index is 2.39. The largest absolute Gasteiger partial charge is 0.355 e. The second-order valence-electron chi connectivity index (χ2n) is 6.45. The van der Waals surface area contributed by atoms with Crippen molar-refractivity contribution in [3.63, 3.8) is 0 Å². The molecule has 1 N–H and O–H groups in total. The molecule has 0 bridgehead atoms. The number of nitrogens with one attached hydrogen (secondary N) is 1. The van der Waals surface area contributed by atoms with Crippen molar-refractivity contribution in [2.45, 2.75) is 39.3 Å². The van der Waals surface area contributed by atoms with Crippen molar-refractivity contribution < 1.29 is 14.0 Å². The minimum absolute atomic E-state index is 0.0799. The van der Waals surface area contributed by atoms with Gasteiger partial charge in [0.05, 0.1) is 6.42 Å². The van der Waals surface area contributed by atoms with Crippen LogP contribution in [-0.4, -0.2) is 29.3 Å². The van der Waals surface area contributed by atoms with Gasteiger partial charge in [0.15, 0.2) is 0 Å². The Kier molecular flexibility index (Phi) is 8.75. The van der Waals surface area contributed by atoms with Gasteiger partial charge in [-0.3, -0.25) is 9.59 Å². The van der Waals surface area contributed by atoms with Crippen molar-refractivity contribution >= 4 is 46.6 Å². The van der Waals surface area contributed by atoms with Crippen LogP contribution in [0.2, 0.25) is 15.1 Å². The highest BCUT2D eigenvalue weighted by atomic mass is 35.5. The number of nitrogens with zero attached hydrogens (tertiary/aromatic N) is 1. The van der Waals surface area contributed by atoms with Crippen LogP contribution in [0, 0.1) is 5.82 Å². The molecule has 4 nitrogen and oxygen atoms in total. The van der Waals surface area contributed by atoms with E-state index in [0.29, 0.717) is 28.6 Å². The molecular formula is C21H22Cl3FN2O2. The predicted octanol–water partition coefficient (Wildman–Crippen LogP) is 5.27. The molecule has 0 unspecified atom stereocenters. The molecule has 2 aromatic carbocycles. The predicted molar refractivity (Wildman–Crippen MR) is 115 cm³/mol. The van der Waals surface area contributed by atoms with Gasteiger partial charge in [-0.05, 0) is 43.2 Å². The molecule has 0 saturated heterocycles. The summed E-state index contributed by atoms with van der Waals surface area (Å²) in [6, 6.07) is 8.44. The molecule has 1 atom stereocenters. The van der Waals surface area contributed by atoms with E-state index in [0.717, 1.165) is 0 Å². The standard InChI is InChI=1S/C21H22Cl3FN2O2/c1-3-19(21(29)26-4-2)27(12-13-8-9-14(22)10-17(13)24)20(28)11-15-16(23)6-5-7-18(15)25/h5-10,19H,3-4,11-12H2,1-2H3,(H,26,29)/t19-/m1/s1. The van der Waals surface area contributed by atoms with E-state index in [1.165, 1.54) is 23.1 Å². The van der Waals surface area contributed by atoms with Crippen LogP contribution in [0.5, 0.6) is 0 Å². The van der Waals surface area contributed by atoms with Gasteiger partial charge >= 0.3 is 0 Å². The first-order chi connectivity index (χ1) is 13.8. The molecule has 2 aromatic rings. The third-order valence-corrected chi connectivity index (χ3v) is 5.42. The van der Waals surface area contributed by atoms with Gasteiger partial charge in [0.2, 0.25) is 11.8 Å². The third kappa shape index (κ3) is 6.08. The Morgan fingerprint density at radius 1 is 1.10 bits per heavy atom. The number of hydrogen-bond donors (Lipinski definition) is 1. The minimum Gasteiger partial charge on any atom is -0.355 e. The maximum Gasteiger partial charge on any atom is 0.242 e. The fraction of sp³-hybridized carbons (Fsp3) is 0.333. The number of carbonyl (C=O) groups excluding carboxylic acids is 2. The Morgan fingerprint density at radius 3 is 2.41 bits per heavy atom. The summed E-state index contributed by atoms with van der Waals surface area (Å²) in [6.07, 6.45) is 0.112. The molecule has 8 heteroatoms. The summed E-state index contributed by atoms with van der Waals surface area (Å²) in [5, 5.41) is 3.75. The average Bonchev–Trinajstić information content (AvgIpc) is 2.66. The van der Waals surface area contributed by atoms with Crippen molar-refractivity contribution in [3.05, 3.63) is 68.4 Å². The van der Waals surface area contributed by atoms with Gasteiger partial charge in [-0.25, -0.2) is 4.39 Å². The van der Waals surface area contributed by atoms with Crippen LogP contribution < -0.4 is 5.32 Å². The zero-order chi connectivity index (χ0) is 21.6. The molecule has 2 amide bonds. The van der Waals surface area contributed by atoms with E-state index in [-0.39, 0.29) is 29.5 Å². The van der Waals surface area contributed by atoms with E-state index >= 15 is 0 Å². The fourth-order valence-corrected chi connectivity index (χ4v) is 3.70. The monoisotopic (exact) mass is 458 g/mol. The van der Waals surface area contributed by atoms with E-state index in [2.05, 4.69) is 5.32 Å². The quantitative estimate of drug-likeness (QED) is 0.584. The highest BCUT2D eigenvalue weighted by molar-refractivity contribution is 6.35. The lowest BCUT2D eigenvalue weighted by atomic mass is 10.1. The second kappa shape index (κ2) is 10.8. The smallest absolute Gasteiger partial charge is 0.242 e. The van der Waals surface area contributed by atoms with Crippen molar-refractivity contribution in [2.75, 3.05) is 6.54 Å². The summed E-state index contributed by atoms with van der Waals surface area (Å²) in [5.41, 5.74) is 0.726. The van der Waals surface area contributed by atoms with Crippen LogP contribution in [0.4, 0.5) is 4.39 Å². The number of amides is 2. The first-order valence-corrected chi connectivity index (χ1v) is 10.4. The SMILES string of the molecule is CCNC(=O)[C@@H](CC)N(Cc1ccc(Cl)cc1Cl)C(=O)Cc1c(F)cccc1Cl. The molecule has 0 radical (unpaired) electrons. The molecule has 0 spiro atoms. The van der Waals surface area contributed by atoms with Gasteiger partial charge in [0.25, 0.3) is 0 Å². The zero-order valence-electron chi connectivity index (χ0n) is 16.1. The fourth-order valence-electron chi connectivity index (χ4n) is 3.00. The summed E-state index contributed by atoms with van der Waals surface area (Å²) in [5.74, 6) is -1.28. The van der Waals surface area contributed by atoms with E-state index in [1.54, 1.807) is 32.0 Å². The lowest BCUT2D eigenvalue weighted by molar-refractivity contribution is -0.140. The van der Waals surface area contributed by atoms with Crippen molar-refractivity contribution in [2.24, 2.45) is 0 Å². The Labute approximate surface area is 184 Å². The molecule has 0 heterocycles. The first kappa shape index (κ1) is 23.5. The summed E-state index contributed by atoms with van der Waals surface area (Å²) in [6.45, 7) is 4.11. The molecule has 0 saturated carbocycles. The maximum atomic E-state index is 14.2. The third-order valence-electron chi connectivity index (χ3n) is 4.48. The van der Waals surface area contributed by atoms with Crippen LogP contribution in [0.15, 0.2) is 36.4 Å². The molecule has 2 rings (SSSR count). The summed E-state index contributed by atoms with van der Waals surface area (Å²) in [7, 11) is 0. The topological polar surface area (TPSA) is 49.4 Å². The maximum absolute atomic E-state index is 14.2. The van der Waals surface area contributed by atoms with Crippen LogP contribution in [-0.2, 0) is 22.6 Å². The van der Waals surface area contributed by atoms with Crippen LogP contribution in [0.1, 0.15) is 31.4 Å². The van der Waals surface area contributed by atoms with Crippen LogP contribution in [0.25, 0.3) is 0 Å². The number of halogens is 4. The summed E-state index contributed by atoms with van der Waals surface area (Å²) in [4.78, 5) is 27.1. The Morgan fingerprint density at radius 2 is 1.83 bits per heavy atom. The van der Waals surface area contributed by atoms with Gasteiger partial charge in [0, 0.05) is 33.7 Å². The van der Waals surface area contributed by atoms with Gasteiger partial charge in [-0.1, -0.05) is 53.9 Å². The van der Waals surface area contributed by atoms with Gasteiger partial charge in [-0.2, -0.15) is 0 Å². The summed E-state index contributed by atoms with van der Waals surface area (Å²) >= 11 is 18.3. The lowest BCUT2D eigenvalue weighted by Crippen LogP contribution is -2.49. The highest BCUT2D eigenvalue weighted by Crippen LogP contribution is 2.25. The molecule has 0 aliphatic carbocycles. The van der Waals surface area contributed by atoms with Crippen molar-refractivity contribution in [3.8, 4) is 0 Å². The van der Waals surface area contributed by atoms with Crippen molar-refractivity contribution in [1.29, 1.82) is 0 Å². The van der Waals surface area contributed by atoms with Gasteiger partial charge in [0.1, 0.15) is 11.9 Å². The average molecular weight is 460 g/mol. The van der Waals surface area contributed by atoms with Gasteiger partial charge < -0.3 is 10.2 Å². The molecule has 0 fully saturated rings. The minimum atomic E-state index is -0.736. The number of likely N-dealkylation sites (N-methyl/N-ethyl adjacent to an activating group) is 1. The van der Waals surface area contributed by atoms with E-state index in [1.807, 2.05) is 0 Å². The highest BCUT2D eigenvalue weighted by Gasteiger charge is 2.29. The number of benzene rings is 2. The van der Waals surface area contributed by atoms with Crippen LogP contribution in [0.3, 0.4) is 0 Å². The lowest BCUT2D eigenvalue weighted by Gasteiger charge is -2.31. The molecule has 0 aromatic heterocycles. The zero-order valence-corrected chi connectivity index (χ0v) is 18.4. The molecular weight excluding hydrogens is 438 g/mol. The Hall–Kier alpha value is -1.82.